The predicted octanol–water partition coefficient (Wildman–Crippen LogP) is 8.65. The normalized spacial score (nSPS) is 15.6. The Morgan fingerprint density at radius 2 is 1.20 bits per heavy atom. The van der Waals surface area contributed by atoms with Crippen molar-refractivity contribution in [2.24, 2.45) is 0 Å². The molecule has 0 spiro atoms. The summed E-state index contributed by atoms with van der Waals surface area (Å²) >= 11 is 0. The highest BCUT2D eigenvalue weighted by molar-refractivity contribution is 6.30. The number of hydrogen-bond acceptors (Lipinski definition) is 4. The number of nitrogens with zero attached hydrogens (tertiary/aromatic N) is 1. The Labute approximate surface area is 239 Å². The van der Waals surface area contributed by atoms with Crippen molar-refractivity contribution in [1.82, 2.24) is 0 Å². The van der Waals surface area contributed by atoms with Crippen molar-refractivity contribution in [2.45, 2.75) is 19.3 Å². The molecule has 0 saturated heterocycles. The third kappa shape index (κ3) is 4.07. The van der Waals surface area contributed by atoms with E-state index in [4.69, 9.17) is 4.74 Å². The molecule has 0 unspecified atom stereocenters. The zero-order valence-corrected chi connectivity index (χ0v) is 22.8. The summed E-state index contributed by atoms with van der Waals surface area (Å²) in [6.45, 7) is 4.45. The standard InChI is InChI=1S/C37H27NO3/c1-37(2)32-22-24(21-31-35(39)30-15-9-10-16-34(30)41-36(31)40)17-19-28(32)29-20-18-27(23-33(29)37)38(25-11-5-3-6-12-25)26-13-7-4-8-14-26/h3-23H,1-2H3/b31-21-. The van der Waals surface area contributed by atoms with Gasteiger partial charge in [0.1, 0.15) is 11.3 Å². The number of anilines is 3. The van der Waals surface area contributed by atoms with E-state index in [0.717, 1.165) is 33.8 Å². The van der Waals surface area contributed by atoms with Crippen molar-refractivity contribution in [3.8, 4) is 16.9 Å². The van der Waals surface area contributed by atoms with Crippen LogP contribution in [0.2, 0.25) is 0 Å². The minimum atomic E-state index is -0.622. The van der Waals surface area contributed by atoms with E-state index in [1.807, 2.05) is 18.2 Å². The van der Waals surface area contributed by atoms with Gasteiger partial charge in [0, 0.05) is 22.5 Å². The number of ether oxygens (including phenoxy) is 1. The van der Waals surface area contributed by atoms with Crippen LogP contribution in [0.5, 0.6) is 5.75 Å². The van der Waals surface area contributed by atoms with Gasteiger partial charge in [0.15, 0.2) is 0 Å². The van der Waals surface area contributed by atoms with E-state index >= 15 is 0 Å². The Morgan fingerprint density at radius 3 is 1.88 bits per heavy atom. The Hall–Kier alpha value is -5.22. The van der Waals surface area contributed by atoms with Gasteiger partial charge in [-0.2, -0.15) is 0 Å². The molecule has 1 aliphatic heterocycles. The second-order valence-corrected chi connectivity index (χ2v) is 10.9. The lowest BCUT2D eigenvalue weighted by Crippen LogP contribution is -2.25. The van der Waals surface area contributed by atoms with Crippen molar-refractivity contribution >= 4 is 34.9 Å². The van der Waals surface area contributed by atoms with Gasteiger partial charge in [-0.25, -0.2) is 4.79 Å². The van der Waals surface area contributed by atoms with Gasteiger partial charge >= 0.3 is 5.97 Å². The number of para-hydroxylation sites is 3. The number of esters is 1. The summed E-state index contributed by atoms with van der Waals surface area (Å²) in [4.78, 5) is 28.1. The lowest BCUT2D eigenvalue weighted by Gasteiger charge is -2.28. The van der Waals surface area contributed by atoms with Gasteiger partial charge in [-0.3, -0.25) is 4.79 Å². The van der Waals surface area contributed by atoms with Crippen LogP contribution in [0.3, 0.4) is 0 Å². The highest BCUT2D eigenvalue weighted by Gasteiger charge is 2.37. The molecular weight excluding hydrogens is 506 g/mol. The Bertz CT molecular complexity index is 1830. The van der Waals surface area contributed by atoms with Gasteiger partial charge in [-0.1, -0.05) is 86.6 Å². The third-order valence-corrected chi connectivity index (χ3v) is 8.08. The van der Waals surface area contributed by atoms with Crippen LogP contribution in [0.4, 0.5) is 17.1 Å². The number of hydrogen-bond donors (Lipinski definition) is 0. The average molecular weight is 534 g/mol. The number of benzene rings is 5. The SMILES string of the molecule is CC1(C)c2cc(/C=C3\C(=O)Oc4ccccc4C3=O)ccc2-c2ccc(N(c3ccccc3)c3ccccc3)cc21. The summed E-state index contributed by atoms with van der Waals surface area (Å²) in [7, 11) is 0. The molecule has 0 saturated carbocycles. The van der Waals surface area contributed by atoms with Gasteiger partial charge in [0.05, 0.1) is 5.56 Å². The molecule has 1 aliphatic carbocycles. The Kier molecular flexibility index (Phi) is 5.72. The maximum atomic E-state index is 13.1. The molecule has 2 aliphatic rings. The second-order valence-electron chi connectivity index (χ2n) is 10.9. The number of ketones is 1. The predicted molar refractivity (Wildman–Crippen MR) is 163 cm³/mol. The van der Waals surface area contributed by atoms with Gasteiger partial charge in [-0.05, 0) is 82.4 Å². The van der Waals surface area contributed by atoms with Crippen LogP contribution in [0.25, 0.3) is 17.2 Å². The minimum absolute atomic E-state index is 0.0422. The molecule has 5 aromatic rings. The van der Waals surface area contributed by atoms with Crippen molar-refractivity contribution in [3.05, 3.63) is 149 Å². The molecule has 4 nitrogen and oxygen atoms in total. The fourth-order valence-electron chi connectivity index (χ4n) is 6.00. The van der Waals surface area contributed by atoms with Crippen LogP contribution in [-0.4, -0.2) is 11.8 Å². The fourth-order valence-corrected chi connectivity index (χ4v) is 6.00. The van der Waals surface area contributed by atoms with Gasteiger partial charge in [-0.15, -0.1) is 0 Å². The molecular formula is C37H27NO3. The molecule has 0 radical (unpaired) electrons. The molecule has 0 amide bonds. The molecule has 41 heavy (non-hydrogen) atoms. The van der Waals surface area contributed by atoms with E-state index in [9.17, 15) is 9.59 Å². The molecule has 5 aromatic carbocycles. The van der Waals surface area contributed by atoms with E-state index in [-0.39, 0.29) is 16.8 Å². The summed E-state index contributed by atoms with van der Waals surface area (Å²) in [6.07, 6.45) is 1.65. The smallest absolute Gasteiger partial charge is 0.347 e. The quantitative estimate of drug-likeness (QED) is 0.100. The van der Waals surface area contributed by atoms with Crippen molar-refractivity contribution in [1.29, 1.82) is 0 Å². The second kappa shape index (κ2) is 9.46. The molecule has 0 atom stereocenters. The zero-order valence-electron chi connectivity index (χ0n) is 22.8. The molecule has 0 aromatic heterocycles. The largest absolute Gasteiger partial charge is 0.422 e. The van der Waals surface area contributed by atoms with Crippen LogP contribution >= 0.6 is 0 Å². The van der Waals surface area contributed by atoms with Crippen LogP contribution in [0.15, 0.2) is 127 Å². The summed E-state index contributed by atoms with van der Waals surface area (Å²) in [5.41, 5.74) is 8.94. The van der Waals surface area contributed by atoms with E-state index in [1.54, 1.807) is 30.3 Å². The molecule has 0 N–H and O–H groups in total. The van der Waals surface area contributed by atoms with E-state index < -0.39 is 5.97 Å². The number of carbonyl (C=O) groups excluding carboxylic acids is 2. The first kappa shape index (κ1) is 24.8. The lowest BCUT2D eigenvalue weighted by molar-refractivity contribution is -0.130. The number of carbonyl (C=O) groups is 2. The Balaban J connectivity index is 1.29. The summed E-state index contributed by atoms with van der Waals surface area (Å²) in [5.74, 6) is -0.629. The first-order valence-corrected chi connectivity index (χ1v) is 13.7. The third-order valence-electron chi connectivity index (χ3n) is 8.08. The van der Waals surface area contributed by atoms with E-state index in [2.05, 4.69) is 97.6 Å². The van der Waals surface area contributed by atoms with Crippen LogP contribution in [0, 0.1) is 0 Å². The Morgan fingerprint density at radius 1 is 0.610 bits per heavy atom. The summed E-state index contributed by atoms with van der Waals surface area (Å²) < 4.78 is 5.45. The number of rotatable bonds is 4. The molecule has 198 valence electrons. The summed E-state index contributed by atoms with van der Waals surface area (Å²) in [6, 6.07) is 40.4. The van der Waals surface area contributed by atoms with Crippen molar-refractivity contribution in [2.75, 3.05) is 4.90 Å². The number of fused-ring (bicyclic) bond motifs is 4. The zero-order chi connectivity index (χ0) is 28.1. The van der Waals surface area contributed by atoms with Crippen LogP contribution in [-0.2, 0) is 10.2 Å². The first-order chi connectivity index (χ1) is 19.9. The summed E-state index contributed by atoms with van der Waals surface area (Å²) in [5, 5.41) is 0. The van der Waals surface area contributed by atoms with Crippen molar-refractivity contribution < 1.29 is 14.3 Å². The van der Waals surface area contributed by atoms with Gasteiger partial charge < -0.3 is 9.64 Å². The lowest BCUT2D eigenvalue weighted by atomic mass is 9.81. The monoisotopic (exact) mass is 533 g/mol. The van der Waals surface area contributed by atoms with E-state index in [1.165, 1.54) is 11.1 Å². The first-order valence-electron chi connectivity index (χ1n) is 13.7. The highest BCUT2D eigenvalue weighted by Crippen LogP contribution is 2.51. The molecule has 7 rings (SSSR count). The average Bonchev–Trinajstić information content (AvgIpc) is 3.22. The molecule has 1 heterocycles. The molecule has 4 heteroatoms. The fraction of sp³-hybridized carbons (Fsp3) is 0.0811. The van der Waals surface area contributed by atoms with E-state index in [0.29, 0.717) is 11.3 Å². The topological polar surface area (TPSA) is 46.6 Å². The minimum Gasteiger partial charge on any atom is -0.422 e. The van der Waals surface area contributed by atoms with Crippen molar-refractivity contribution in [3.63, 3.8) is 0 Å². The highest BCUT2D eigenvalue weighted by atomic mass is 16.5. The molecule has 0 bridgehead atoms. The number of Topliss-reactive ketones (excluding diaryl/α,β-unsaturated/α-hetero) is 1. The maximum Gasteiger partial charge on any atom is 0.347 e. The van der Waals surface area contributed by atoms with Crippen LogP contribution in [0.1, 0.15) is 40.9 Å². The van der Waals surface area contributed by atoms with Crippen LogP contribution < -0.4 is 9.64 Å². The van der Waals surface area contributed by atoms with Gasteiger partial charge in [0.2, 0.25) is 5.78 Å². The maximum absolute atomic E-state index is 13.1. The van der Waals surface area contributed by atoms with Gasteiger partial charge in [0.25, 0.3) is 0 Å². The molecule has 0 fully saturated rings.